The summed E-state index contributed by atoms with van der Waals surface area (Å²) in [5.74, 6) is -0.926. The summed E-state index contributed by atoms with van der Waals surface area (Å²) < 4.78 is 30.8. The van der Waals surface area contributed by atoms with Crippen LogP contribution in [0.25, 0.3) is 0 Å². The molecule has 0 fully saturated rings. The number of methoxy groups -OCH3 is 1. The molecule has 2 aromatic rings. The van der Waals surface area contributed by atoms with Crippen molar-refractivity contribution in [3.05, 3.63) is 59.2 Å². The van der Waals surface area contributed by atoms with Crippen molar-refractivity contribution in [2.75, 3.05) is 19.0 Å². The maximum atomic E-state index is 12.5. The van der Waals surface area contributed by atoms with Crippen molar-refractivity contribution in [2.45, 2.75) is 30.6 Å². The lowest BCUT2D eigenvalue weighted by atomic mass is 9.90. The smallest absolute Gasteiger partial charge is 0.320 e. The Morgan fingerprint density at radius 3 is 2.36 bits per heavy atom. The van der Waals surface area contributed by atoms with E-state index in [0.717, 1.165) is 19.3 Å². The molecule has 1 amide bonds. The average Bonchev–Trinajstić information content (AvgIpc) is 2.72. The number of benzene rings is 2. The van der Waals surface area contributed by atoms with Crippen molar-refractivity contribution in [1.82, 2.24) is 4.72 Å². The molecule has 0 radical (unpaired) electrons. The van der Waals surface area contributed by atoms with Gasteiger partial charge in [0.1, 0.15) is 6.54 Å². The van der Waals surface area contributed by atoms with Crippen LogP contribution in [0.4, 0.5) is 5.69 Å². The number of amides is 1. The van der Waals surface area contributed by atoms with Crippen LogP contribution in [0.15, 0.2) is 47.4 Å². The van der Waals surface area contributed by atoms with Crippen LogP contribution in [0.1, 0.15) is 34.3 Å². The van der Waals surface area contributed by atoms with Gasteiger partial charge < -0.3 is 10.1 Å². The molecule has 3 rings (SSSR count). The molecule has 0 aromatic heterocycles. The Morgan fingerprint density at radius 2 is 1.68 bits per heavy atom. The fraction of sp³-hybridized carbons (Fsp3) is 0.300. The molecule has 1 aliphatic rings. The van der Waals surface area contributed by atoms with E-state index in [4.69, 9.17) is 0 Å². The van der Waals surface area contributed by atoms with Gasteiger partial charge >= 0.3 is 5.97 Å². The number of hydrogen-bond donors (Lipinski definition) is 2. The van der Waals surface area contributed by atoms with Gasteiger partial charge in [-0.25, -0.2) is 8.42 Å². The van der Waals surface area contributed by atoms with E-state index < -0.39 is 22.5 Å². The molecular formula is C20H22N2O5S. The van der Waals surface area contributed by atoms with Crippen molar-refractivity contribution in [3.8, 4) is 0 Å². The number of aryl methyl sites for hydroxylation is 2. The lowest BCUT2D eigenvalue weighted by molar-refractivity contribution is -0.139. The second-order valence-electron chi connectivity index (χ2n) is 6.57. The number of nitrogens with one attached hydrogen (secondary N) is 2. The predicted molar refractivity (Wildman–Crippen MR) is 105 cm³/mol. The van der Waals surface area contributed by atoms with Crippen LogP contribution >= 0.6 is 0 Å². The fourth-order valence-corrected chi connectivity index (χ4v) is 4.07. The normalized spacial score (nSPS) is 13.5. The number of rotatable bonds is 6. The van der Waals surface area contributed by atoms with Gasteiger partial charge in [-0.3, -0.25) is 9.59 Å². The molecule has 0 heterocycles. The highest BCUT2D eigenvalue weighted by Crippen LogP contribution is 2.23. The van der Waals surface area contributed by atoms with E-state index in [1.54, 1.807) is 0 Å². The molecule has 0 atom stereocenters. The average molecular weight is 402 g/mol. The maximum Gasteiger partial charge on any atom is 0.320 e. The summed E-state index contributed by atoms with van der Waals surface area (Å²) in [6.45, 7) is -0.449. The van der Waals surface area contributed by atoms with Crippen molar-refractivity contribution in [2.24, 2.45) is 0 Å². The van der Waals surface area contributed by atoms with E-state index in [9.17, 15) is 18.0 Å². The van der Waals surface area contributed by atoms with E-state index in [1.165, 1.54) is 48.9 Å². The molecule has 0 spiro atoms. The van der Waals surface area contributed by atoms with Crippen LogP contribution in [-0.4, -0.2) is 33.9 Å². The molecule has 1 aliphatic carbocycles. The number of sulfonamides is 1. The minimum Gasteiger partial charge on any atom is -0.468 e. The van der Waals surface area contributed by atoms with Gasteiger partial charge in [0.25, 0.3) is 5.91 Å². The van der Waals surface area contributed by atoms with E-state index in [-0.39, 0.29) is 10.8 Å². The summed E-state index contributed by atoms with van der Waals surface area (Å²) in [5, 5.41) is 2.77. The first-order valence-corrected chi connectivity index (χ1v) is 10.5. The second kappa shape index (κ2) is 8.53. The highest BCUT2D eigenvalue weighted by molar-refractivity contribution is 7.89. The van der Waals surface area contributed by atoms with Gasteiger partial charge in [-0.05, 0) is 73.2 Å². The van der Waals surface area contributed by atoms with Crippen LogP contribution in [0, 0.1) is 0 Å². The molecule has 148 valence electrons. The number of anilines is 1. The number of carbonyl (C=O) groups excluding carboxylic acids is 2. The Hall–Kier alpha value is -2.71. The Labute approximate surface area is 164 Å². The number of carbonyl (C=O) groups is 2. The van der Waals surface area contributed by atoms with Crippen molar-refractivity contribution >= 4 is 27.6 Å². The van der Waals surface area contributed by atoms with Crippen molar-refractivity contribution in [1.29, 1.82) is 0 Å². The van der Waals surface area contributed by atoms with Crippen molar-refractivity contribution < 1.29 is 22.7 Å². The van der Waals surface area contributed by atoms with Gasteiger partial charge in [0.2, 0.25) is 10.0 Å². The third-order valence-electron chi connectivity index (χ3n) is 4.67. The number of fused-ring (bicyclic) bond motifs is 1. The molecule has 0 aliphatic heterocycles. The fourth-order valence-electron chi connectivity index (χ4n) is 3.10. The summed E-state index contributed by atoms with van der Waals surface area (Å²) in [7, 11) is -2.66. The van der Waals surface area contributed by atoms with Gasteiger partial charge in [-0.2, -0.15) is 4.72 Å². The lowest BCUT2D eigenvalue weighted by Gasteiger charge is -2.16. The molecule has 0 unspecified atom stereocenters. The molecule has 2 aromatic carbocycles. The monoisotopic (exact) mass is 402 g/mol. The summed E-state index contributed by atoms with van der Waals surface area (Å²) in [6, 6.07) is 11.5. The van der Waals surface area contributed by atoms with Crippen molar-refractivity contribution in [3.63, 3.8) is 0 Å². The minimum absolute atomic E-state index is 0.0109. The van der Waals surface area contributed by atoms with Crippen LogP contribution in [0.3, 0.4) is 0 Å². The molecule has 7 nitrogen and oxygen atoms in total. The largest absolute Gasteiger partial charge is 0.468 e. The number of hydrogen-bond acceptors (Lipinski definition) is 5. The second-order valence-corrected chi connectivity index (χ2v) is 8.34. The molecular weight excluding hydrogens is 380 g/mol. The molecule has 2 N–H and O–H groups in total. The van der Waals surface area contributed by atoms with Crippen LogP contribution < -0.4 is 10.0 Å². The van der Waals surface area contributed by atoms with E-state index >= 15 is 0 Å². The molecule has 0 saturated heterocycles. The number of esters is 1. The van der Waals surface area contributed by atoms with Gasteiger partial charge in [-0.1, -0.05) is 6.07 Å². The van der Waals surface area contributed by atoms with Gasteiger partial charge in [0.15, 0.2) is 0 Å². The van der Waals surface area contributed by atoms with Gasteiger partial charge in [0, 0.05) is 11.3 Å². The third-order valence-corrected chi connectivity index (χ3v) is 6.08. The summed E-state index contributed by atoms with van der Waals surface area (Å²) >= 11 is 0. The standard InChI is InChI=1S/C20H22N2O5S/c1-27-19(23)13-21-28(25,26)18-10-8-17(9-11-18)22-20(24)16-7-6-14-4-2-3-5-15(14)12-16/h6-12,21H,2-5,13H2,1H3,(H,22,24). The van der Waals surface area contributed by atoms with E-state index in [0.29, 0.717) is 11.3 Å². The topological polar surface area (TPSA) is 102 Å². The molecule has 0 saturated carbocycles. The molecule has 8 heteroatoms. The Morgan fingerprint density at radius 1 is 1.00 bits per heavy atom. The zero-order chi connectivity index (χ0) is 20.1. The van der Waals surface area contributed by atoms with Crippen LogP contribution in [-0.2, 0) is 32.4 Å². The summed E-state index contributed by atoms with van der Waals surface area (Å²) in [4.78, 5) is 23.6. The van der Waals surface area contributed by atoms with Gasteiger partial charge in [-0.15, -0.1) is 0 Å². The van der Waals surface area contributed by atoms with Crippen LogP contribution in [0.2, 0.25) is 0 Å². The highest BCUT2D eigenvalue weighted by atomic mass is 32.2. The maximum absolute atomic E-state index is 12.5. The highest BCUT2D eigenvalue weighted by Gasteiger charge is 2.16. The lowest BCUT2D eigenvalue weighted by Crippen LogP contribution is -2.30. The number of ether oxygens (including phenoxy) is 1. The quantitative estimate of drug-likeness (QED) is 0.722. The minimum atomic E-state index is -3.84. The first kappa shape index (κ1) is 20.0. The van der Waals surface area contributed by atoms with E-state index in [1.807, 2.05) is 18.2 Å². The first-order chi connectivity index (χ1) is 13.4. The summed E-state index contributed by atoms with van der Waals surface area (Å²) in [6.07, 6.45) is 4.36. The molecule has 0 bridgehead atoms. The Balaban J connectivity index is 1.67. The molecule has 28 heavy (non-hydrogen) atoms. The Kier molecular flexibility index (Phi) is 6.11. The van der Waals surface area contributed by atoms with E-state index in [2.05, 4.69) is 14.8 Å². The zero-order valence-corrected chi connectivity index (χ0v) is 16.3. The third kappa shape index (κ3) is 4.76. The van der Waals surface area contributed by atoms with Gasteiger partial charge in [0.05, 0.1) is 12.0 Å². The SMILES string of the molecule is COC(=O)CNS(=O)(=O)c1ccc(NC(=O)c2ccc3c(c2)CCCC3)cc1. The predicted octanol–water partition coefficient (Wildman–Crippen LogP) is 2.27. The summed E-state index contributed by atoms with van der Waals surface area (Å²) in [5.41, 5.74) is 3.58. The zero-order valence-electron chi connectivity index (χ0n) is 15.5. The van der Waals surface area contributed by atoms with Crippen LogP contribution in [0.5, 0.6) is 0 Å². The first-order valence-electron chi connectivity index (χ1n) is 8.99. The Bertz CT molecular complexity index is 984.